The Kier molecular flexibility index (Phi) is 10.2. The summed E-state index contributed by atoms with van der Waals surface area (Å²) in [7, 11) is 0. The molecule has 0 aromatic carbocycles. The van der Waals surface area contributed by atoms with Crippen molar-refractivity contribution in [1.82, 2.24) is 0 Å². The molecule has 8 nitrogen and oxygen atoms in total. The summed E-state index contributed by atoms with van der Waals surface area (Å²) in [6, 6.07) is 0. The maximum atomic E-state index is 8.59. The Labute approximate surface area is 79.7 Å². The van der Waals surface area contributed by atoms with Gasteiger partial charge in [-0.1, -0.05) is 0 Å². The molecule has 0 aliphatic carbocycles. The predicted molar refractivity (Wildman–Crippen MR) is 14.3 cm³/mol. The second-order valence-electron chi connectivity index (χ2n) is 0.816. The van der Waals surface area contributed by atoms with Crippen LogP contribution in [0.3, 0.4) is 0 Å². The quantitative estimate of drug-likeness (QED) is 0.317. The monoisotopic (exact) mass is 472 g/mol. The van der Waals surface area contributed by atoms with Gasteiger partial charge in [-0.25, -0.2) is 0 Å². The first-order chi connectivity index (χ1) is 4.00. The maximum Gasteiger partial charge on any atom is 4.00 e. The van der Waals surface area contributed by atoms with E-state index in [1.807, 2.05) is 0 Å². The van der Waals surface area contributed by atoms with Crippen molar-refractivity contribution in [2.75, 3.05) is 0 Å². The third-order valence-corrected chi connectivity index (χ3v) is 0. The summed E-state index contributed by atoms with van der Waals surface area (Å²) in [4.78, 5) is 0. The second-order valence-corrected chi connectivity index (χ2v) is 4.24. The van der Waals surface area contributed by atoms with Crippen LogP contribution in [0.2, 0.25) is 0 Å². The van der Waals surface area contributed by atoms with Gasteiger partial charge in [0, 0.05) is 0 Å². The van der Waals surface area contributed by atoms with Crippen LogP contribution in [0.15, 0.2) is 0 Å². The summed E-state index contributed by atoms with van der Waals surface area (Å²) in [5, 5.41) is 0. The van der Waals surface area contributed by atoms with Gasteiger partial charge in [-0.3, -0.25) is 0 Å². The normalized spacial score (nSPS) is 10.5. The molecule has 11 heavy (non-hydrogen) atoms. The molecule has 0 saturated heterocycles. The molecule has 0 aromatic heterocycles. The molecule has 0 spiro atoms. The molecule has 0 fully saturated rings. The van der Waals surface area contributed by atoms with Crippen molar-refractivity contribution in [2.45, 2.75) is 0 Å². The molecule has 11 heteroatoms. The van der Waals surface area contributed by atoms with E-state index in [1.165, 1.54) is 0 Å². The molecule has 0 aliphatic rings. The first-order valence-electron chi connectivity index (χ1n) is 1.33. The summed E-state index contributed by atoms with van der Waals surface area (Å²) >= 11 is -11.5. The van der Waals surface area contributed by atoms with E-state index in [-0.39, 0.29) is 21.1 Å². The fourth-order valence-corrected chi connectivity index (χ4v) is 0. The summed E-state index contributed by atoms with van der Waals surface area (Å²) in [6.07, 6.45) is 0. The molecule has 0 unspecified atom stereocenters. The topological polar surface area (TPSA) is 161 Å². The molecule has 0 atom stereocenters. The smallest absolute Gasteiger partial charge is 4.00 e. The maximum absolute atomic E-state index is 8.59. The Morgan fingerprint density at radius 2 is 0.636 bits per heavy atom. The van der Waals surface area contributed by atoms with E-state index in [2.05, 4.69) is 0 Å². The molecule has 0 N–H and O–H groups in total. The summed E-state index contributed by atoms with van der Waals surface area (Å²) < 4.78 is 68.8. The van der Waals surface area contributed by atoms with Crippen LogP contribution in [0.4, 0.5) is 0 Å². The minimum absolute atomic E-state index is 0. The Hall–Kier alpha value is 0.767. The Morgan fingerprint density at radius 3 is 0.636 bits per heavy atom. The van der Waals surface area contributed by atoms with Gasteiger partial charge in [-0.05, 0) is 0 Å². The fourth-order valence-electron chi connectivity index (χ4n) is 0. The van der Waals surface area contributed by atoms with Gasteiger partial charge in [-0.15, -0.1) is 0 Å². The van der Waals surface area contributed by atoms with E-state index in [4.69, 9.17) is 32.1 Å². The van der Waals surface area contributed by atoms with Crippen LogP contribution in [0.5, 0.6) is 0 Å². The third-order valence-electron chi connectivity index (χ3n) is 0. The van der Waals surface area contributed by atoms with E-state index >= 15 is 0 Å². The van der Waals surface area contributed by atoms with E-state index < -0.39 is 26.7 Å². The van der Waals surface area contributed by atoms with Gasteiger partial charge in [0.2, 0.25) is 0 Å². The molecule has 0 amide bonds. The number of rotatable bonds is 0. The molecule has 0 aliphatic heterocycles. The Bertz CT molecular complexity index is 208. The average molecular weight is 470 g/mol. The zero-order valence-electron chi connectivity index (χ0n) is 4.49. The van der Waals surface area contributed by atoms with Crippen molar-refractivity contribution >= 4 is 26.7 Å². The van der Waals surface area contributed by atoms with Gasteiger partial charge >= 0.3 is 79.9 Å². The van der Waals surface area contributed by atoms with Crippen LogP contribution in [-0.4, -0.2) is 26.7 Å². The van der Waals surface area contributed by atoms with E-state index in [0.717, 1.165) is 0 Å². The number of hydrogen-bond donors (Lipinski definition) is 0. The molecule has 0 heterocycles. The molecule has 66 valence electrons. The summed E-state index contributed by atoms with van der Waals surface area (Å²) in [5.74, 6) is 0. The summed E-state index contributed by atoms with van der Waals surface area (Å²) in [5.41, 5.74) is 0. The first kappa shape index (κ1) is 17.7. The van der Waals surface area contributed by atoms with E-state index in [9.17, 15) is 0 Å². The van der Waals surface area contributed by atoms with Gasteiger partial charge in [0.25, 0.3) is 0 Å². The number of hydrogen-bond acceptors (Lipinski definition) is 8. The molecule has 0 saturated carbocycles. The van der Waals surface area contributed by atoms with Gasteiger partial charge in [0.1, 0.15) is 0 Å². The Balaban J connectivity index is -0.000000107. The SMILES string of the molecule is O=[Se](=O)([O-])[O-].O=[Se](=O)([O-])[O-].[W+4]. The molecule has 0 rings (SSSR count). The zero-order valence-corrected chi connectivity index (χ0v) is 10.9. The van der Waals surface area contributed by atoms with Crippen molar-refractivity contribution in [3.05, 3.63) is 0 Å². The van der Waals surface area contributed by atoms with Crippen LogP contribution < -0.4 is 16.8 Å². The minimum atomic E-state index is -5.75. The van der Waals surface area contributed by atoms with Crippen molar-refractivity contribution in [3.63, 3.8) is 0 Å². The standard InChI is InChI=1S/2H2O4Se.W/c2*1-5(2,3)4;/h2*(H2,1,2,3,4);/q;;+4/p-4. The van der Waals surface area contributed by atoms with Crippen LogP contribution in [0.25, 0.3) is 0 Å². The van der Waals surface area contributed by atoms with Crippen LogP contribution >= 0.6 is 0 Å². The summed E-state index contributed by atoms with van der Waals surface area (Å²) in [6.45, 7) is 0. The predicted octanol–water partition coefficient (Wildman–Crippen LogP) is -6.00. The fraction of sp³-hybridized carbons (Fsp3) is 0. The van der Waals surface area contributed by atoms with Crippen LogP contribution in [0.1, 0.15) is 0 Å². The van der Waals surface area contributed by atoms with Crippen molar-refractivity contribution in [2.24, 2.45) is 0 Å². The molecule has 0 radical (unpaired) electrons. The van der Waals surface area contributed by atoms with Crippen LogP contribution in [-0.2, 0) is 36.4 Å². The second kappa shape index (κ2) is 6.30. The van der Waals surface area contributed by atoms with Gasteiger partial charge < -0.3 is 0 Å². The van der Waals surface area contributed by atoms with Gasteiger partial charge in [-0.2, -0.15) is 0 Å². The third kappa shape index (κ3) is 1410. The average Bonchev–Trinajstić information content (AvgIpc) is 1.12. The Morgan fingerprint density at radius 1 is 0.636 bits per heavy atom. The van der Waals surface area contributed by atoms with Crippen molar-refractivity contribution in [3.8, 4) is 0 Å². The minimum Gasteiger partial charge on any atom is 4.00 e. The molecular formula is O8Se2W. The van der Waals surface area contributed by atoms with E-state index in [1.54, 1.807) is 0 Å². The zero-order chi connectivity index (χ0) is 9.00. The molecule has 0 bridgehead atoms. The van der Waals surface area contributed by atoms with Gasteiger partial charge in [0.15, 0.2) is 0 Å². The van der Waals surface area contributed by atoms with Gasteiger partial charge in [0.05, 0.1) is 0 Å². The molecular weight excluding hydrogens is 470 g/mol. The first-order valence-corrected chi connectivity index (χ1v) is 6.93. The van der Waals surface area contributed by atoms with Crippen LogP contribution in [0, 0.1) is 0 Å². The van der Waals surface area contributed by atoms with Crippen molar-refractivity contribution < 1.29 is 53.2 Å². The largest absolute Gasteiger partial charge is 4.00 e. The van der Waals surface area contributed by atoms with Crippen molar-refractivity contribution in [1.29, 1.82) is 0 Å². The molecule has 0 aromatic rings. The van der Waals surface area contributed by atoms with E-state index in [0.29, 0.717) is 0 Å².